The topological polar surface area (TPSA) is 395 Å². The number of benzene rings is 6. The van der Waals surface area contributed by atoms with Crippen LogP contribution in [0.15, 0.2) is 72.8 Å². The van der Waals surface area contributed by atoms with E-state index in [0.717, 1.165) is 60.7 Å². The standard InChI is InChI=1S/2C22H18O11/c2*23-10-5-12(24)11-7-18(33-22(31)9-3-15(27)20(30)16(28)4-9)21(32-17(11)6-10)8-1-13(25)19(29)14(26)2-8/h2*1-6,18,21,23-30H,7H2/t2*18-,21-/m11/s1. The van der Waals surface area contributed by atoms with Crippen molar-refractivity contribution in [1.82, 2.24) is 0 Å². The van der Waals surface area contributed by atoms with Gasteiger partial charge in [-0.05, 0) is 48.5 Å². The van der Waals surface area contributed by atoms with E-state index in [-0.39, 0.29) is 80.7 Å². The molecule has 0 fully saturated rings. The fraction of sp³-hybridized carbons (Fsp3) is 0.136. The minimum Gasteiger partial charge on any atom is -0.508 e. The van der Waals surface area contributed by atoms with E-state index in [0.29, 0.717) is 0 Å². The van der Waals surface area contributed by atoms with Gasteiger partial charge in [-0.2, -0.15) is 0 Å². The number of fused-ring (bicyclic) bond motifs is 2. The molecule has 0 radical (unpaired) electrons. The number of aromatic hydroxyl groups is 16. The summed E-state index contributed by atoms with van der Waals surface area (Å²) in [7, 11) is 0. The van der Waals surface area contributed by atoms with Crippen molar-refractivity contribution in [1.29, 1.82) is 0 Å². The Hall–Kier alpha value is -9.34. The maximum atomic E-state index is 12.7. The lowest BCUT2D eigenvalue weighted by atomic mass is 9.93. The highest BCUT2D eigenvalue weighted by atomic mass is 16.6. The van der Waals surface area contributed by atoms with Gasteiger partial charge in [0.25, 0.3) is 0 Å². The molecule has 344 valence electrons. The zero-order chi connectivity index (χ0) is 48.0. The van der Waals surface area contributed by atoms with Crippen LogP contribution in [0.2, 0.25) is 0 Å². The van der Waals surface area contributed by atoms with Gasteiger partial charge >= 0.3 is 11.9 Å². The molecule has 0 spiro atoms. The summed E-state index contributed by atoms with van der Waals surface area (Å²) in [4.78, 5) is 25.4. The lowest BCUT2D eigenvalue weighted by molar-refractivity contribution is -0.0192. The summed E-state index contributed by atoms with van der Waals surface area (Å²) in [5, 5.41) is 156. The van der Waals surface area contributed by atoms with Gasteiger partial charge < -0.3 is 101 Å². The van der Waals surface area contributed by atoms with Crippen LogP contribution >= 0.6 is 0 Å². The summed E-state index contributed by atoms with van der Waals surface area (Å²) in [5.41, 5.74) is -0.0377. The fourth-order valence-electron chi connectivity index (χ4n) is 7.10. The van der Waals surface area contributed by atoms with Gasteiger partial charge in [0.1, 0.15) is 46.7 Å². The van der Waals surface area contributed by atoms with Gasteiger partial charge in [0.05, 0.1) is 11.1 Å². The van der Waals surface area contributed by atoms with E-state index in [9.17, 15) is 91.3 Å². The van der Waals surface area contributed by atoms with Crippen LogP contribution in [0.5, 0.6) is 103 Å². The van der Waals surface area contributed by atoms with Gasteiger partial charge in [0.2, 0.25) is 0 Å². The van der Waals surface area contributed by atoms with E-state index in [4.69, 9.17) is 18.9 Å². The van der Waals surface area contributed by atoms with E-state index in [1.54, 1.807) is 0 Å². The lowest BCUT2D eigenvalue weighted by Gasteiger charge is -2.34. The first-order chi connectivity index (χ1) is 31.1. The lowest BCUT2D eigenvalue weighted by Crippen LogP contribution is -2.34. The van der Waals surface area contributed by atoms with E-state index < -0.39 is 105 Å². The Bertz CT molecular complexity index is 2640. The molecule has 0 aromatic heterocycles. The van der Waals surface area contributed by atoms with Crippen LogP contribution in [0, 0.1) is 0 Å². The summed E-state index contributed by atoms with van der Waals surface area (Å²) >= 11 is 0. The molecule has 66 heavy (non-hydrogen) atoms. The molecule has 2 aliphatic rings. The fourth-order valence-corrected chi connectivity index (χ4v) is 7.10. The van der Waals surface area contributed by atoms with Crippen LogP contribution < -0.4 is 9.47 Å². The van der Waals surface area contributed by atoms with Gasteiger partial charge in [-0.15, -0.1) is 0 Å². The van der Waals surface area contributed by atoms with Crippen molar-refractivity contribution in [2.75, 3.05) is 0 Å². The van der Waals surface area contributed by atoms with Crippen molar-refractivity contribution in [2.45, 2.75) is 37.3 Å². The number of hydrogen-bond acceptors (Lipinski definition) is 22. The van der Waals surface area contributed by atoms with Crippen LogP contribution in [-0.4, -0.2) is 106 Å². The van der Waals surface area contributed by atoms with Crippen LogP contribution in [0.25, 0.3) is 0 Å². The second-order valence-electron chi connectivity index (χ2n) is 14.8. The van der Waals surface area contributed by atoms with E-state index in [2.05, 4.69) is 0 Å². The highest BCUT2D eigenvalue weighted by Crippen LogP contribution is 2.48. The molecule has 2 aliphatic heterocycles. The molecule has 6 aromatic carbocycles. The van der Waals surface area contributed by atoms with Crippen molar-refractivity contribution < 1.29 is 110 Å². The Morgan fingerprint density at radius 1 is 0.379 bits per heavy atom. The van der Waals surface area contributed by atoms with Gasteiger partial charge in [-0.25, -0.2) is 9.59 Å². The Morgan fingerprint density at radius 2 is 0.652 bits per heavy atom. The molecule has 22 nitrogen and oxygen atoms in total. The summed E-state index contributed by atoms with van der Waals surface area (Å²) < 4.78 is 22.6. The number of esters is 2. The third kappa shape index (κ3) is 8.68. The minimum atomic E-state index is -1.18. The normalized spacial score (nSPS) is 17.1. The number of carbonyl (C=O) groups excluding carboxylic acids is 2. The van der Waals surface area contributed by atoms with Gasteiger partial charge in [-0.3, -0.25) is 0 Å². The highest BCUT2D eigenvalue weighted by Gasteiger charge is 2.39. The molecule has 22 heteroatoms. The molecule has 2 heterocycles. The summed E-state index contributed by atoms with van der Waals surface area (Å²) in [5.74, 6) is -12.1. The second kappa shape index (κ2) is 17.1. The number of ether oxygens (including phenoxy) is 4. The minimum absolute atomic E-state index is 0.0526. The Morgan fingerprint density at radius 3 is 0.939 bits per heavy atom. The van der Waals surface area contributed by atoms with Crippen LogP contribution in [0.3, 0.4) is 0 Å². The van der Waals surface area contributed by atoms with Crippen LogP contribution in [-0.2, 0) is 22.3 Å². The first kappa shape index (κ1) is 44.7. The molecular formula is C44H36O22. The first-order valence-corrected chi connectivity index (χ1v) is 18.9. The van der Waals surface area contributed by atoms with Crippen molar-refractivity contribution in [3.8, 4) is 103 Å². The monoisotopic (exact) mass is 916 g/mol. The molecular weight excluding hydrogens is 880 g/mol. The third-order valence-electron chi connectivity index (χ3n) is 10.3. The highest BCUT2D eigenvalue weighted by molar-refractivity contribution is 5.92. The molecule has 6 aromatic rings. The number of phenolic OH excluding ortho intramolecular Hbond substituents is 16. The summed E-state index contributed by atoms with van der Waals surface area (Å²) in [6.45, 7) is 0. The molecule has 16 N–H and O–H groups in total. The molecule has 0 aliphatic carbocycles. The molecule has 0 saturated carbocycles. The van der Waals surface area contributed by atoms with Gasteiger partial charge in [0, 0.05) is 59.4 Å². The Labute approximate surface area is 368 Å². The average Bonchev–Trinajstić information content (AvgIpc) is 3.25. The van der Waals surface area contributed by atoms with E-state index >= 15 is 0 Å². The number of hydrogen-bond donors (Lipinski definition) is 16. The SMILES string of the molecule is O=C(O[C@@H]1Cc2c(O)cc(O)cc2O[C@@H]1c1cc(O)c(O)c(O)c1)c1cc(O)c(O)c(O)c1.O=C(O[C@@H]1Cc2c(O)cc(O)cc2O[C@@H]1c1cc(O)c(O)c(O)c1)c1cc(O)c(O)c(O)c1. The molecule has 0 unspecified atom stereocenters. The number of phenols is 16. The van der Waals surface area contributed by atoms with Crippen molar-refractivity contribution >= 4 is 11.9 Å². The third-order valence-corrected chi connectivity index (χ3v) is 10.3. The first-order valence-electron chi connectivity index (χ1n) is 18.9. The average molecular weight is 917 g/mol. The molecule has 0 amide bonds. The van der Waals surface area contributed by atoms with Gasteiger partial charge in [0.15, 0.2) is 81.2 Å². The van der Waals surface area contributed by atoms with E-state index in [1.165, 1.54) is 12.1 Å². The largest absolute Gasteiger partial charge is 0.508 e. The summed E-state index contributed by atoms with van der Waals surface area (Å²) in [6, 6.07) is 12.4. The zero-order valence-electron chi connectivity index (χ0n) is 33.3. The number of carbonyl (C=O) groups is 2. The summed E-state index contributed by atoms with van der Waals surface area (Å²) in [6.07, 6.45) is -4.98. The molecule has 0 saturated heterocycles. The van der Waals surface area contributed by atoms with E-state index in [1.807, 2.05) is 0 Å². The number of rotatable bonds is 6. The molecule has 4 atom stereocenters. The van der Waals surface area contributed by atoms with Crippen molar-refractivity contribution in [2.24, 2.45) is 0 Å². The molecule has 8 rings (SSSR count). The predicted octanol–water partition coefficient (Wildman–Crippen LogP) is 4.47. The maximum Gasteiger partial charge on any atom is 0.338 e. The smallest absolute Gasteiger partial charge is 0.338 e. The van der Waals surface area contributed by atoms with Crippen LogP contribution in [0.1, 0.15) is 55.2 Å². The van der Waals surface area contributed by atoms with Crippen LogP contribution in [0.4, 0.5) is 0 Å². The van der Waals surface area contributed by atoms with Gasteiger partial charge in [-0.1, -0.05) is 0 Å². The quantitative estimate of drug-likeness (QED) is 0.0809. The van der Waals surface area contributed by atoms with Crippen molar-refractivity contribution in [3.63, 3.8) is 0 Å². The van der Waals surface area contributed by atoms with Crippen molar-refractivity contribution in [3.05, 3.63) is 106 Å². The Balaban J connectivity index is 0.000000196. The second-order valence-corrected chi connectivity index (χ2v) is 14.8. The maximum absolute atomic E-state index is 12.7. The Kier molecular flexibility index (Phi) is 11.6. The zero-order valence-corrected chi connectivity index (χ0v) is 33.3. The molecule has 0 bridgehead atoms. The predicted molar refractivity (Wildman–Crippen MR) is 218 cm³/mol.